The van der Waals surface area contributed by atoms with Gasteiger partial charge < -0.3 is 9.42 Å². The molecule has 5 nitrogen and oxygen atoms in total. The number of hydrogen-bond donors (Lipinski definition) is 0. The van der Waals surface area contributed by atoms with Crippen LogP contribution in [0.3, 0.4) is 0 Å². The zero-order valence-corrected chi connectivity index (χ0v) is 14.3. The molecule has 1 saturated heterocycles. The molecule has 0 radical (unpaired) electrons. The van der Waals surface area contributed by atoms with Gasteiger partial charge in [0.1, 0.15) is 0 Å². The van der Waals surface area contributed by atoms with Crippen molar-refractivity contribution in [3.05, 3.63) is 34.6 Å². The molecule has 2 heterocycles. The molecule has 2 aromatic rings. The van der Waals surface area contributed by atoms with Gasteiger partial charge in [0.15, 0.2) is 0 Å². The number of halogens is 1. The monoisotopic (exact) mass is 375 g/mol. The molecule has 0 atom stereocenters. The summed E-state index contributed by atoms with van der Waals surface area (Å²) < 4.78 is 6.49. The quantitative estimate of drug-likeness (QED) is 0.821. The Morgan fingerprint density at radius 1 is 1.13 bits per heavy atom. The minimum absolute atomic E-state index is 0.259. The number of likely N-dealkylation sites (tertiary alicyclic amines) is 1. The number of aromatic nitrogens is 2. The first-order valence-electron chi connectivity index (χ1n) is 8.09. The number of rotatable bonds is 3. The first kappa shape index (κ1) is 14.9. The van der Waals surface area contributed by atoms with Crippen molar-refractivity contribution < 1.29 is 9.32 Å². The van der Waals surface area contributed by atoms with Gasteiger partial charge in [0.05, 0.1) is 0 Å². The van der Waals surface area contributed by atoms with Crippen molar-refractivity contribution in [3.8, 4) is 11.4 Å². The van der Waals surface area contributed by atoms with E-state index >= 15 is 0 Å². The van der Waals surface area contributed by atoms with Gasteiger partial charge in [0.25, 0.3) is 0 Å². The Morgan fingerprint density at radius 2 is 1.83 bits per heavy atom. The molecule has 0 bridgehead atoms. The Balaban J connectivity index is 1.41. The summed E-state index contributed by atoms with van der Waals surface area (Å²) >= 11 is 3.42. The van der Waals surface area contributed by atoms with Gasteiger partial charge in [-0.2, -0.15) is 4.98 Å². The standard InChI is InChI=1S/C17H18BrN3O2/c18-14-5-3-11(4-6-14)15-19-16(23-20-15)12-7-9-21(10-8-12)17(22)13-1-2-13/h3-6,12-13H,1-2,7-10H2. The molecule has 6 heteroatoms. The molecule has 4 rings (SSSR count). The largest absolute Gasteiger partial charge is 0.342 e. The second-order valence-corrected chi connectivity index (χ2v) is 7.25. The third-order valence-electron chi connectivity index (χ3n) is 4.63. The highest BCUT2D eigenvalue weighted by Crippen LogP contribution is 2.34. The third-order valence-corrected chi connectivity index (χ3v) is 5.16. The number of piperidine rings is 1. The molecule has 0 spiro atoms. The third kappa shape index (κ3) is 3.17. The lowest BCUT2D eigenvalue weighted by Gasteiger charge is -2.30. The fourth-order valence-electron chi connectivity index (χ4n) is 3.05. The van der Waals surface area contributed by atoms with E-state index in [9.17, 15) is 4.79 Å². The normalized spacial score (nSPS) is 19.1. The van der Waals surface area contributed by atoms with Crippen molar-refractivity contribution in [1.29, 1.82) is 0 Å². The summed E-state index contributed by atoms with van der Waals surface area (Å²) in [6.45, 7) is 1.60. The molecule has 0 unspecified atom stereocenters. The van der Waals surface area contributed by atoms with E-state index < -0.39 is 0 Å². The summed E-state index contributed by atoms with van der Waals surface area (Å²) in [6.07, 6.45) is 3.94. The molecule has 1 aromatic heterocycles. The highest BCUT2D eigenvalue weighted by Gasteiger charge is 2.35. The average molecular weight is 376 g/mol. The van der Waals surface area contributed by atoms with Crippen LogP contribution in [0.15, 0.2) is 33.3 Å². The van der Waals surface area contributed by atoms with Gasteiger partial charge in [-0.3, -0.25) is 4.79 Å². The molecular formula is C17H18BrN3O2. The fourth-order valence-corrected chi connectivity index (χ4v) is 3.32. The minimum Gasteiger partial charge on any atom is -0.342 e. The summed E-state index contributed by atoms with van der Waals surface area (Å²) in [5.74, 6) is 2.23. The number of amides is 1. The summed E-state index contributed by atoms with van der Waals surface area (Å²) in [4.78, 5) is 18.6. The van der Waals surface area contributed by atoms with Crippen molar-refractivity contribution in [1.82, 2.24) is 15.0 Å². The lowest BCUT2D eigenvalue weighted by atomic mass is 9.96. The molecule has 1 aliphatic heterocycles. The van der Waals surface area contributed by atoms with Gasteiger partial charge in [-0.1, -0.05) is 21.1 Å². The fraction of sp³-hybridized carbons (Fsp3) is 0.471. The first-order valence-corrected chi connectivity index (χ1v) is 8.88. The van der Waals surface area contributed by atoms with Crippen LogP contribution in [-0.2, 0) is 4.79 Å². The second kappa shape index (κ2) is 6.07. The zero-order chi connectivity index (χ0) is 15.8. The summed E-state index contributed by atoms with van der Waals surface area (Å²) in [5.41, 5.74) is 0.949. The smallest absolute Gasteiger partial charge is 0.230 e. The summed E-state index contributed by atoms with van der Waals surface area (Å²) in [6, 6.07) is 7.87. The Morgan fingerprint density at radius 3 is 2.48 bits per heavy atom. The summed E-state index contributed by atoms with van der Waals surface area (Å²) in [7, 11) is 0. The number of carbonyl (C=O) groups is 1. The molecular weight excluding hydrogens is 358 g/mol. The van der Waals surface area contributed by atoms with E-state index in [0.29, 0.717) is 23.5 Å². The van der Waals surface area contributed by atoms with Crippen LogP contribution < -0.4 is 0 Å². The van der Waals surface area contributed by atoms with Crippen LogP contribution in [-0.4, -0.2) is 34.0 Å². The number of carbonyl (C=O) groups excluding carboxylic acids is 1. The van der Waals surface area contributed by atoms with Gasteiger partial charge in [-0.05, 0) is 49.9 Å². The molecule has 2 aliphatic rings. The number of nitrogens with zero attached hydrogens (tertiary/aromatic N) is 3. The molecule has 1 aromatic carbocycles. The van der Waals surface area contributed by atoms with Crippen LogP contribution in [0.5, 0.6) is 0 Å². The Labute approximate surface area is 143 Å². The van der Waals surface area contributed by atoms with E-state index in [0.717, 1.165) is 48.8 Å². The predicted octanol–water partition coefficient (Wildman–Crippen LogP) is 3.62. The van der Waals surface area contributed by atoms with Crippen molar-refractivity contribution in [3.63, 3.8) is 0 Å². The maximum Gasteiger partial charge on any atom is 0.230 e. The molecule has 0 N–H and O–H groups in total. The van der Waals surface area contributed by atoms with Crippen LogP contribution in [0.4, 0.5) is 0 Å². The Bertz CT molecular complexity index is 701. The second-order valence-electron chi connectivity index (χ2n) is 6.34. The van der Waals surface area contributed by atoms with Gasteiger partial charge >= 0.3 is 0 Å². The predicted molar refractivity (Wildman–Crippen MR) is 88.7 cm³/mol. The van der Waals surface area contributed by atoms with E-state index in [1.165, 1.54) is 0 Å². The van der Waals surface area contributed by atoms with Crippen molar-refractivity contribution in [2.75, 3.05) is 13.1 Å². The van der Waals surface area contributed by atoms with Crippen molar-refractivity contribution in [2.45, 2.75) is 31.6 Å². The van der Waals surface area contributed by atoms with Crippen LogP contribution in [0.2, 0.25) is 0 Å². The van der Waals surface area contributed by atoms with E-state index in [4.69, 9.17) is 4.52 Å². The van der Waals surface area contributed by atoms with Gasteiger partial charge in [0.2, 0.25) is 17.6 Å². The van der Waals surface area contributed by atoms with Crippen LogP contribution in [0, 0.1) is 5.92 Å². The topological polar surface area (TPSA) is 59.2 Å². The van der Waals surface area contributed by atoms with Gasteiger partial charge in [-0.25, -0.2) is 0 Å². The first-order chi connectivity index (χ1) is 11.2. The average Bonchev–Trinajstić information content (AvgIpc) is 3.32. The highest BCUT2D eigenvalue weighted by molar-refractivity contribution is 9.10. The van der Waals surface area contributed by atoms with E-state index in [1.807, 2.05) is 29.2 Å². The van der Waals surface area contributed by atoms with Crippen LogP contribution >= 0.6 is 15.9 Å². The lowest BCUT2D eigenvalue weighted by molar-refractivity contribution is -0.133. The molecule has 1 saturated carbocycles. The SMILES string of the molecule is O=C(C1CC1)N1CCC(c2nc(-c3ccc(Br)cc3)no2)CC1. The Hall–Kier alpha value is -1.69. The van der Waals surface area contributed by atoms with Gasteiger partial charge in [0, 0.05) is 35.0 Å². The zero-order valence-electron chi connectivity index (χ0n) is 12.7. The van der Waals surface area contributed by atoms with E-state index in [2.05, 4.69) is 26.1 Å². The molecule has 1 aliphatic carbocycles. The molecule has 1 amide bonds. The molecule has 120 valence electrons. The highest BCUT2D eigenvalue weighted by atomic mass is 79.9. The summed E-state index contributed by atoms with van der Waals surface area (Å²) in [5, 5.41) is 4.10. The maximum absolute atomic E-state index is 12.1. The van der Waals surface area contributed by atoms with Crippen LogP contribution in [0.25, 0.3) is 11.4 Å². The van der Waals surface area contributed by atoms with Crippen molar-refractivity contribution >= 4 is 21.8 Å². The maximum atomic E-state index is 12.1. The van der Waals surface area contributed by atoms with Crippen molar-refractivity contribution in [2.24, 2.45) is 5.92 Å². The molecule has 23 heavy (non-hydrogen) atoms. The van der Waals surface area contributed by atoms with Gasteiger partial charge in [-0.15, -0.1) is 0 Å². The molecule has 2 fully saturated rings. The van der Waals surface area contributed by atoms with E-state index in [1.54, 1.807) is 0 Å². The Kier molecular flexibility index (Phi) is 3.93. The van der Waals surface area contributed by atoms with E-state index in [-0.39, 0.29) is 5.92 Å². The number of benzene rings is 1. The number of hydrogen-bond acceptors (Lipinski definition) is 4. The van der Waals surface area contributed by atoms with Crippen LogP contribution in [0.1, 0.15) is 37.5 Å². The minimum atomic E-state index is 0.259. The lowest BCUT2D eigenvalue weighted by Crippen LogP contribution is -2.38.